The zero-order valence-electron chi connectivity index (χ0n) is 11.4. The van der Waals surface area contributed by atoms with Crippen molar-refractivity contribution in [1.82, 2.24) is 10.2 Å². The molecule has 0 saturated heterocycles. The fourth-order valence-electron chi connectivity index (χ4n) is 3.28. The van der Waals surface area contributed by atoms with Crippen LogP contribution >= 0.6 is 0 Å². The van der Waals surface area contributed by atoms with E-state index in [1.165, 1.54) is 32.2 Å². The molecule has 2 aliphatic carbocycles. The topological polar surface area (TPSA) is 35.5 Å². The second-order valence-corrected chi connectivity index (χ2v) is 5.88. The van der Waals surface area contributed by atoms with E-state index >= 15 is 0 Å². The molecular weight excluding hydrogens is 212 g/mol. The van der Waals surface area contributed by atoms with Gasteiger partial charge in [0.15, 0.2) is 0 Å². The van der Waals surface area contributed by atoms with Gasteiger partial charge in [-0.2, -0.15) is 0 Å². The molecule has 0 heterocycles. The van der Waals surface area contributed by atoms with Crippen molar-refractivity contribution in [3.8, 4) is 0 Å². The molecule has 3 heteroatoms. The monoisotopic (exact) mass is 240 g/mol. The van der Waals surface area contributed by atoms with Crippen molar-refractivity contribution in [1.29, 1.82) is 0 Å². The van der Waals surface area contributed by atoms with Gasteiger partial charge in [0.2, 0.25) is 0 Å². The van der Waals surface area contributed by atoms with Gasteiger partial charge in [-0.1, -0.05) is 13.8 Å². The van der Waals surface area contributed by atoms with Gasteiger partial charge in [-0.05, 0) is 51.6 Å². The van der Waals surface area contributed by atoms with Gasteiger partial charge in [0.05, 0.1) is 6.61 Å². The Hall–Kier alpha value is -0.120. The lowest BCUT2D eigenvalue weighted by Gasteiger charge is -2.32. The molecule has 0 aromatic carbocycles. The minimum absolute atomic E-state index is 0.0347. The highest BCUT2D eigenvalue weighted by Crippen LogP contribution is 2.36. The fourth-order valence-corrected chi connectivity index (χ4v) is 3.28. The summed E-state index contributed by atoms with van der Waals surface area (Å²) < 4.78 is 0. The van der Waals surface area contributed by atoms with Crippen LogP contribution in [0.15, 0.2) is 0 Å². The average molecular weight is 240 g/mol. The second-order valence-electron chi connectivity index (χ2n) is 5.88. The van der Waals surface area contributed by atoms with Crippen LogP contribution in [0, 0.1) is 0 Å². The van der Waals surface area contributed by atoms with Crippen LogP contribution in [0.25, 0.3) is 0 Å². The van der Waals surface area contributed by atoms with Gasteiger partial charge < -0.3 is 15.3 Å². The summed E-state index contributed by atoms with van der Waals surface area (Å²) in [5, 5.41) is 13.4. The Bertz CT molecular complexity index is 242. The SMILES string of the molecule is CCCN(CC)C1CCC(CO)(NC2CC2)C1. The maximum Gasteiger partial charge on any atom is 0.0614 e. The Morgan fingerprint density at radius 3 is 2.59 bits per heavy atom. The molecule has 0 aliphatic heterocycles. The second kappa shape index (κ2) is 5.68. The fraction of sp³-hybridized carbons (Fsp3) is 1.00. The van der Waals surface area contributed by atoms with Crippen LogP contribution in [0.5, 0.6) is 0 Å². The van der Waals surface area contributed by atoms with E-state index in [1.807, 2.05) is 0 Å². The Morgan fingerprint density at radius 1 is 1.29 bits per heavy atom. The highest BCUT2D eigenvalue weighted by molar-refractivity contribution is 5.02. The van der Waals surface area contributed by atoms with Crippen molar-refractivity contribution in [2.75, 3.05) is 19.7 Å². The molecule has 100 valence electrons. The first-order valence-electron chi connectivity index (χ1n) is 7.35. The number of nitrogens with one attached hydrogen (secondary N) is 1. The summed E-state index contributed by atoms with van der Waals surface area (Å²) in [4.78, 5) is 2.59. The van der Waals surface area contributed by atoms with Gasteiger partial charge in [-0.15, -0.1) is 0 Å². The molecule has 2 unspecified atom stereocenters. The van der Waals surface area contributed by atoms with E-state index in [-0.39, 0.29) is 5.54 Å². The van der Waals surface area contributed by atoms with Crippen molar-refractivity contribution < 1.29 is 5.11 Å². The Balaban J connectivity index is 1.90. The van der Waals surface area contributed by atoms with E-state index in [0.29, 0.717) is 18.7 Å². The molecule has 0 radical (unpaired) electrons. The zero-order chi connectivity index (χ0) is 12.3. The number of aliphatic hydroxyl groups excluding tert-OH is 1. The first kappa shape index (κ1) is 13.3. The smallest absolute Gasteiger partial charge is 0.0614 e. The van der Waals surface area contributed by atoms with Crippen LogP contribution in [-0.2, 0) is 0 Å². The summed E-state index contributed by atoms with van der Waals surface area (Å²) in [5.41, 5.74) is 0.0347. The molecule has 2 rings (SSSR count). The molecule has 3 nitrogen and oxygen atoms in total. The quantitative estimate of drug-likeness (QED) is 0.712. The molecule has 2 fully saturated rings. The number of hydrogen-bond donors (Lipinski definition) is 2. The zero-order valence-corrected chi connectivity index (χ0v) is 11.4. The lowest BCUT2D eigenvalue weighted by molar-refractivity contribution is 0.142. The summed E-state index contributed by atoms with van der Waals surface area (Å²) >= 11 is 0. The van der Waals surface area contributed by atoms with E-state index in [4.69, 9.17) is 0 Å². The molecule has 0 amide bonds. The summed E-state index contributed by atoms with van der Waals surface area (Å²) in [6.07, 6.45) is 7.36. The predicted molar refractivity (Wildman–Crippen MR) is 71.2 cm³/mol. The molecule has 2 atom stereocenters. The normalized spacial score (nSPS) is 33.5. The Morgan fingerprint density at radius 2 is 2.06 bits per heavy atom. The molecule has 0 aromatic heterocycles. The van der Waals surface area contributed by atoms with E-state index in [0.717, 1.165) is 19.4 Å². The first-order chi connectivity index (χ1) is 8.23. The molecule has 0 spiro atoms. The number of hydrogen-bond acceptors (Lipinski definition) is 3. The largest absolute Gasteiger partial charge is 0.394 e. The van der Waals surface area contributed by atoms with Crippen molar-refractivity contribution in [2.45, 2.75) is 70.0 Å². The average Bonchev–Trinajstić information content (AvgIpc) is 3.05. The van der Waals surface area contributed by atoms with Crippen molar-refractivity contribution in [2.24, 2.45) is 0 Å². The van der Waals surface area contributed by atoms with Gasteiger partial charge in [0.25, 0.3) is 0 Å². The van der Waals surface area contributed by atoms with E-state index in [1.54, 1.807) is 0 Å². The van der Waals surface area contributed by atoms with E-state index in [2.05, 4.69) is 24.1 Å². The van der Waals surface area contributed by atoms with Gasteiger partial charge >= 0.3 is 0 Å². The summed E-state index contributed by atoms with van der Waals surface area (Å²) in [6, 6.07) is 1.38. The standard InChI is InChI=1S/C14H28N2O/c1-3-9-16(4-2)13-7-8-14(10-13,11-17)15-12-5-6-12/h12-13,15,17H,3-11H2,1-2H3. The Kier molecular flexibility index (Phi) is 4.45. The van der Waals surface area contributed by atoms with E-state index < -0.39 is 0 Å². The summed E-state index contributed by atoms with van der Waals surface area (Å²) in [5.74, 6) is 0. The van der Waals surface area contributed by atoms with Crippen LogP contribution in [0.1, 0.15) is 52.4 Å². The number of aliphatic hydroxyl groups is 1. The van der Waals surface area contributed by atoms with Gasteiger partial charge in [0.1, 0.15) is 0 Å². The molecule has 2 saturated carbocycles. The van der Waals surface area contributed by atoms with Crippen molar-refractivity contribution in [3.63, 3.8) is 0 Å². The minimum Gasteiger partial charge on any atom is -0.394 e. The molecule has 0 aromatic rings. The molecular formula is C14H28N2O. The highest BCUT2D eigenvalue weighted by atomic mass is 16.3. The number of nitrogens with zero attached hydrogens (tertiary/aromatic N) is 1. The number of rotatable bonds is 7. The van der Waals surface area contributed by atoms with Crippen LogP contribution < -0.4 is 5.32 Å². The van der Waals surface area contributed by atoms with Crippen molar-refractivity contribution >= 4 is 0 Å². The third kappa shape index (κ3) is 3.21. The van der Waals surface area contributed by atoms with Crippen LogP contribution in [-0.4, -0.2) is 47.3 Å². The Labute approximate surface area is 106 Å². The lowest BCUT2D eigenvalue weighted by Crippen LogP contribution is -2.49. The highest BCUT2D eigenvalue weighted by Gasteiger charge is 2.43. The summed E-state index contributed by atoms with van der Waals surface area (Å²) in [6.45, 7) is 7.15. The van der Waals surface area contributed by atoms with Crippen LogP contribution in [0.4, 0.5) is 0 Å². The molecule has 2 aliphatic rings. The van der Waals surface area contributed by atoms with Crippen LogP contribution in [0.2, 0.25) is 0 Å². The summed E-state index contributed by atoms with van der Waals surface area (Å²) in [7, 11) is 0. The lowest BCUT2D eigenvalue weighted by atomic mass is 9.98. The van der Waals surface area contributed by atoms with Gasteiger partial charge in [-0.3, -0.25) is 0 Å². The maximum absolute atomic E-state index is 9.71. The van der Waals surface area contributed by atoms with Crippen molar-refractivity contribution in [3.05, 3.63) is 0 Å². The van der Waals surface area contributed by atoms with E-state index in [9.17, 15) is 5.11 Å². The first-order valence-corrected chi connectivity index (χ1v) is 7.35. The third-order valence-electron chi connectivity index (χ3n) is 4.41. The third-order valence-corrected chi connectivity index (χ3v) is 4.41. The molecule has 17 heavy (non-hydrogen) atoms. The van der Waals surface area contributed by atoms with Crippen LogP contribution in [0.3, 0.4) is 0 Å². The maximum atomic E-state index is 9.71. The molecule has 0 bridgehead atoms. The minimum atomic E-state index is 0.0347. The predicted octanol–water partition coefficient (Wildman–Crippen LogP) is 1.75. The molecule has 2 N–H and O–H groups in total. The van der Waals surface area contributed by atoms with Gasteiger partial charge in [0, 0.05) is 17.6 Å². The van der Waals surface area contributed by atoms with Gasteiger partial charge in [-0.25, -0.2) is 0 Å².